The molecule has 0 saturated heterocycles. The van der Waals surface area contributed by atoms with Crippen molar-refractivity contribution in [2.24, 2.45) is 0 Å². The van der Waals surface area contributed by atoms with Gasteiger partial charge in [-0.15, -0.1) is 0 Å². The highest BCUT2D eigenvalue weighted by Gasteiger charge is 2.14. The topological polar surface area (TPSA) is 67.9 Å². The minimum Gasteiger partial charge on any atom is -0.465 e. The van der Waals surface area contributed by atoms with Gasteiger partial charge in [0.05, 0.1) is 18.0 Å². The average Bonchev–Trinajstić information content (AvgIpc) is 3.00. The summed E-state index contributed by atoms with van der Waals surface area (Å²) in [5.74, 6) is 0.0758. The van der Waals surface area contributed by atoms with Crippen molar-refractivity contribution in [3.63, 3.8) is 0 Å². The third kappa shape index (κ3) is 3.65. The zero-order valence-electron chi connectivity index (χ0n) is 13.1. The summed E-state index contributed by atoms with van der Waals surface area (Å²) in [6.07, 6.45) is 3.87. The molecule has 24 heavy (non-hydrogen) atoms. The van der Waals surface area contributed by atoms with E-state index in [0.29, 0.717) is 12.2 Å². The first-order valence-corrected chi connectivity index (χ1v) is 7.52. The van der Waals surface area contributed by atoms with Crippen molar-refractivity contribution >= 4 is 5.97 Å². The van der Waals surface area contributed by atoms with Crippen molar-refractivity contribution in [1.82, 2.24) is 15.0 Å². The second kappa shape index (κ2) is 7.04. The molecule has 2 aromatic heterocycles. The Bertz CT molecular complexity index is 829. The summed E-state index contributed by atoms with van der Waals surface area (Å²) in [6, 6.07) is 9.92. The average molecular weight is 325 g/mol. The molecule has 0 bridgehead atoms. The number of hydrogen-bond acceptors (Lipinski definition) is 4. The highest BCUT2D eigenvalue weighted by atomic mass is 19.1. The molecule has 0 radical (unpaired) electrons. The fraction of sp³-hybridized carbons (Fsp3) is 0.167. The fourth-order valence-electron chi connectivity index (χ4n) is 2.38. The van der Waals surface area contributed by atoms with E-state index in [1.54, 1.807) is 24.5 Å². The summed E-state index contributed by atoms with van der Waals surface area (Å²) in [5.41, 5.74) is 3.27. The number of benzene rings is 1. The van der Waals surface area contributed by atoms with Crippen LogP contribution < -0.4 is 0 Å². The Morgan fingerprint density at radius 1 is 1.12 bits per heavy atom. The van der Waals surface area contributed by atoms with Gasteiger partial charge in [0, 0.05) is 36.9 Å². The van der Waals surface area contributed by atoms with Gasteiger partial charge in [-0.25, -0.2) is 9.37 Å². The van der Waals surface area contributed by atoms with E-state index in [2.05, 4.69) is 15.0 Å². The van der Waals surface area contributed by atoms with Crippen LogP contribution in [0.25, 0.3) is 22.5 Å². The van der Waals surface area contributed by atoms with Crippen LogP contribution in [0.3, 0.4) is 0 Å². The number of nitrogens with zero attached hydrogens (tertiary/aromatic N) is 2. The van der Waals surface area contributed by atoms with E-state index >= 15 is 0 Å². The quantitative estimate of drug-likeness (QED) is 0.730. The number of halogens is 1. The summed E-state index contributed by atoms with van der Waals surface area (Å²) < 4.78 is 18.2. The molecule has 0 atom stereocenters. The van der Waals surface area contributed by atoms with Crippen LogP contribution in [-0.4, -0.2) is 27.5 Å². The van der Waals surface area contributed by atoms with E-state index < -0.39 is 0 Å². The molecule has 0 aliphatic heterocycles. The first-order valence-electron chi connectivity index (χ1n) is 7.52. The Hall–Kier alpha value is -3.02. The van der Waals surface area contributed by atoms with Gasteiger partial charge in [-0.1, -0.05) is 0 Å². The SMILES string of the molecule is CC(=O)OCCc1nc(-c2ccc(F)cc2)c(-c2ccncc2)[nH]1. The number of aromatic amines is 1. The van der Waals surface area contributed by atoms with Gasteiger partial charge in [0.2, 0.25) is 0 Å². The van der Waals surface area contributed by atoms with Gasteiger partial charge in [0.25, 0.3) is 0 Å². The lowest BCUT2D eigenvalue weighted by Crippen LogP contribution is -2.04. The molecular formula is C18H16FN3O2. The van der Waals surface area contributed by atoms with Gasteiger partial charge in [-0.2, -0.15) is 0 Å². The van der Waals surface area contributed by atoms with Crippen LogP contribution in [-0.2, 0) is 16.0 Å². The fourth-order valence-corrected chi connectivity index (χ4v) is 2.38. The van der Waals surface area contributed by atoms with E-state index in [1.165, 1.54) is 19.1 Å². The maximum atomic E-state index is 13.2. The van der Waals surface area contributed by atoms with E-state index in [9.17, 15) is 9.18 Å². The lowest BCUT2D eigenvalue weighted by molar-refractivity contribution is -0.140. The van der Waals surface area contributed by atoms with Gasteiger partial charge in [-0.05, 0) is 36.4 Å². The van der Waals surface area contributed by atoms with Crippen LogP contribution >= 0.6 is 0 Å². The maximum Gasteiger partial charge on any atom is 0.302 e. The lowest BCUT2D eigenvalue weighted by Gasteiger charge is -2.02. The van der Waals surface area contributed by atoms with E-state index in [1.807, 2.05) is 12.1 Å². The van der Waals surface area contributed by atoms with Crippen LogP contribution in [0.4, 0.5) is 4.39 Å². The first-order chi connectivity index (χ1) is 11.6. The first kappa shape index (κ1) is 15.9. The van der Waals surface area contributed by atoms with Gasteiger partial charge in [0.1, 0.15) is 11.6 Å². The molecule has 0 saturated carbocycles. The normalized spacial score (nSPS) is 10.6. The molecule has 0 fully saturated rings. The minimum absolute atomic E-state index is 0.251. The number of H-pyrrole nitrogens is 1. The van der Waals surface area contributed by atoms with Gasteiger partial charge in [-0.3, -0.25) is 9.78 Å². The number of pyridine rings is 1. The zero-order chi connectivity index (χ0) is 16.9. The third-order valence-electron chi connectivity index (χ3n) is 3.48. The number of carbonyl (C=O) groups excluding carboxylic acids is 1. The molecule has 122 valence electrons. The number of ether oxygens (including phenoxy) is 1. The van der Waals surface area contributed by atoms with Crippen molar-refractivity contribution < 1.29 is 13.9 Å². The zero-order valence-corrected chi connectivity index (χ0v) is 13.1. The Kier molecular flexibility index (Phi) is 4.65. The second-order valence-electron chi connectivity index (χ2n) is 5.24. The largest absolute Gasteiger partial charge is 0.465 e. The van der Waals surface area contributed by atoms with Crippen LogP contribution in [0, 0.1) is 5.82 Å². The monoisotopic (exact) mass is 325 g/mol. The smallest absolute Gasteiger partial charge is 0.302 e. The molecule has 0 amide bonds. The predicted molar refractivity (Wildman–Crippen MR) is 87.5 cm³/mol. The molecule has 3 rings (SSSR count). The van der Waals surface area contributed by atoms with E-state index in [-0.39, 0.29) is 18.4 Å². The molecule has 1 aromatic carbocycles. The Labute approximate surface area is 138 Å². The maximum absolute atomic E-state index is 13.2. The molecule has 0 aliphatic carbocycles. The van der Waals surface area contributed by atoms with Gasteiger partial charge < -0.3 is 9.72 Å². The summed E-state index contributed by atoms with van der Waals surface area (Å²) in [7, 11) is 0. The van der Waals surface area contributed by atoms with Crippen molar-refractivity contribution in [3.05, 3.63) is 60.4 Å². The second-order valence-corrected chi connectivity index (χ2v) is 5.24. The van der Waals surface area contributed by atoms with Crippen LogP contribution in [0.5, 0.6) is 0 Å². The van der Waals surface area contributed by atoms with Crippen molar-refractivity contribution in [1.29, 1.82) is 0 Å². The Morgan fingerprint density at radius 2 is 1.83 bits per heavy atom. The molecule has 0 unspecified atom stereocenters. The highest BCUT2D eigenvalue weighted by Crippen LogP contribution is 2.30. The minimum atomic E-state index is -0.324. The summed E-state index contributed by atoms with van der Waals surface area (Å²) in [4.78, 5) is 22.8. The summed E-state index contributed by atoms with van der Waals surface area (Å²) >= 11 is 0. The molecule has 6 heteroatoms. The molecule has 2 heterocycles. The number of esters is 1. The number of carbonyl (C=O) groups is 1. The summed E-state index contributed by atoms with van der Waals surface area (Å²) in [5, 5.41) is 0. The van der Waals surface area contributed by atoms with E-state index in [4.69, 9.17) is 4.74 Å². The van der Waals surface area contributed by atoms with Crippen LogP contribution in [0.15, 0.2) is 48.8 Å². The number of nitrogens with one attached hydrogen (secondary N) is 1. The van der Waals surface area contributed by atoms with Crippen molar-refractivity contribution in [3.8, 4) is 22.5 Å². The predicted octanol–water partition coefficient (Wildman–Crippen LogP) is 3.38. The summed E-state index contributed by atoms with van der Waals surface area (Å²) in [6.45, 7) is 1.62. The molecule has 0 spiro atoms. The van der Waals surface area contributed by atoms with Gasteiger partial charge in [0.15, 0.2) is 0 Å². The molecule has 5 nitrogen and oxygen atoms in total. The number of hydrogen-bond donors (Lipinski definition) is 1. The van der Waals surface area contributed by atoms with Gasteiger partial charge >= 0.3 is 5.97 Å². The Morgan fingerprint density at radius 3 is 2.50 bits per heavy atom. The lowest BCUT2D eigenvalue weighted by atomic mass is 10.1. The number of aromatic nitrogens is 3. The molecule has 0 aliphatic rings. The Balaban J connectivity index is 1.97. The molecular weight excluding hydrogens is 309 g/mol. The molecule has 1 N–H and O–H groups in total. The molecule has 3 aromatic rings. The third-order valence-corrected chi connectivity index (χ3v) is 3.48. The number of rotatable bonds is 5. The van der Waals surface area contributed by atoms with Crippen LogP contribution in [0.1, 0.15) is 12.7 Å². The standard InChI is InChI=1S/C18H16FN3O2/c1-12(23)24-11-8-16-21-17(13-2-4-15(19)5-3-13)18(22-16)14-6-9-20-10-7-14/h2-7,9-10H,8,11H2,1H3,(H,21,22). The van der Waals surface area contributed by atoms with Crippen molar-refractivity contribution in [2.75, 3.05) is 6.61 Å². The number of imidazole rings is 1. The van der Waals surface area contributed by atoms with E-state index in [0.717, 1.165) is 22.5 Å². The highest BCUT2D eigenvalue weighted by molar-refractivity contribution is 5.78. The van der Waals surface area contributed by atoms with Crippen LogP contribution in [0.2, 0.25) is 0 Å². The van der Waals surface area contributed by atoms with Crippen molar-refractivity contribution in [2.45, 2.75) is 13.3 Å².